The lowest BCUT2D eigenvalue weighted by atomic mass is 10.0. The van der Waals surface area contributed by atoms with E-state index in [9.17, 15) is 9.59 Å². The summed E-state index contributed by atoms with van der Waals surface area (Å²) in [4.78, 5) is 28.4. The standard InChI is InChI=1S/C26H30N4O3/c1-18-24(19(2)30(28-18)21-11-5-4-6-12-21)25(31)26(32)27-17-23(29-14-7-8-15-29)20-10-9-13-22(16-20)33-3/h4-6,9-13,16,23H,7-8,14-15,17H2,1-3H3,(H,27,32). The van der Waals surface area contributed by atoms with Crippen LogP contribution >= 0.6 is 0 Å². The SMILES string of the molecule is COc1cccc(C(CNC(=O)C(=O)c2c(C)nn(-c3ccccc3)c2C)N2CCCC2)c1. The van der Waals surface area contributed by atoms with Crippen molar-refractivity contribution < 1.29 is 14.3 Å². The van der Waals surface area contributed by atoms with Crippen LogP contribution in [0.15, 0.2) is 54.6 Å². The Morgan fingerprint density at radius 2 is 1.79 bits per heavy atom. The maximum absolute atomic E-state index is 13.1. The number of nitrogens with one attached hydrogen (secondary N) is 1. The van der Waals surface area contributed by atoms with Gasteiger partial charge in [0, 0.05) is 6.54 Å². The lowest BCUT2D eigenvalue weighted by Crippen LogP contribution is -2.39. The van der Waals surface area contributed by atoms with Crippen LogP contribution in [-0.2, 0) is 4.79 Å². The molecule has 1 amide bonds. The third kappa shape index (κ3) is 4.83. The number of para-hydroxylation sites is 1. The van der Waals surface area contributed by atoms with Gasteiger partial charge >= 0.3 is 0 Å². The molecule has 4 rings (SSSR count). The van der Waals surface area contributed by atoms with Crippen LogP contribution in [0.4, 0.5) is 0 Å². The first-order chi connectivity index (χ1) is 16.0. The Hall–Kier alpha value is -3.45. The number of aryl methyl sites for hydroxylation is 1. The highest BCUT2D eigenvalue weighted by atomic mass is 16.5. The van der Waals surface area contributed by atoms with Crippen molar-refractivity contribution in [2.75, 3.05) is 26.7 Å². The number of amides is 1. The van der Waals surface area contributed by atoms with Gasteiger partial charge in [0.2, 0.25) is 0 Å². The topological polar surface area (TPSA) is 76.5 Å². The highest BCUT2D eigenvalue weighted by molar-refractivity contribution is 6.43. The minimum atomic E-state index is -0.610. The summed E-state index contributed by atoms with van der Waals surface area (Å²) >= 11 is 0. The number of Topliss-reactive ketones (excluding diaryl/α,β-unsaturated/α-hetero) is 1. The molecule has 0 bridgehead atoms. The van der Waals surface area contributed by atoms with Crippen LogP contribution in [0.25, 0.3) is 5.69 Å². The van der Waals surface area contributed by atoms with Gasteiger partial charge in [-0.1, -0.05) is 30.3 Å². The van der Waals surface area contributed by atoms with Gasteiger partial charge in [-0.05, 0) is 69.6 Å². The van der Waals surface area contributed by atoms with Crippen molar-refractivity contribution >= 4 is 11.7 Å². The number of ketones is 1. The Kier molecular flexibility index (Phi) is 6.89. The molecule has 1 N–H and O–H groups in total. The third-order valence-electron chi connectivity index (χ3n) is 6.24. The molecular weight excluding hydrogens is 416 g/mol. The van der Waals surface area contributed by atoms with Crippen molar-refractivity contribution in [3.8, 4) is 11.4 Å². The number of aromatic nitrogens is 2. The predicted molar refractivity (Wildman–Crippen MR) is 127 cm³/mol. The molecule has 0 saturated carbocycles. The van der Waals surface area contributed by atoms with E-state index in [0.29, 0.717) is 23.5 Å². The normalized spacial score (nSPS) is 14.8. The first-order valence-electron chi connectivity index (χ1n) is 11.3. The summed E-state index contributed by atoms with van der Waals surface area (Å²) in [5, 5.41) is 7.39. The molecule has 1 aliphatic rings. The van der Waals surface area contributed by atoms with E-state index in [1.54, 1.807) is 18.7 Å². The molecule has 7 nitrogen and oxygen atoms in total. The maximum atomic E-state index is 13.1. The maximum Gasteiger partial charge on any atom is 0.292 e. The molecule has 1 atom stereocenters. The molecule has 7 heteroatoms. The number of hydrogen-bond acceptors (Lipinski definition) is 5. The molecule has 0 aliphatic carbocycles. The van der Waals surface area contributed by atoms with Gasteiger partial charge in [-0.2, -0.15) is 5.10 Å². The quantitative estimate of drug-likeness (QED) is 0.422. The average molecular weight is 447 g/mol. The molecule has 1 aromatic heterocycles. The molecule has 1 unspecified atom stereocenters. The summed E-state index contributed by atoms with van der Waals surface area (Å²) in [6, 6.07) is 17.5. The zero-order valence-electron chi connectivity index (χ0n) is 19.4. The molecular formula is C26H30N4O3. The summed E-state index contributed by atoms with van der Waals surface area (Å²) in [6.45, 7) is 5.86. The minimum Gasteiger partial charge on any atom is -0.497 e. The van der Waals surface area contributed by atoms with Gasteiger partial charge in [-0.25, -0.2) is 4.68 Å². The van der Waals surface area contributed by atoms with Crippen LogP contribution in [0.1, 0.15) is 46.2 Å². The number of hydrogen-bond donors (Lipinski definition) is 1. The van der Waals surface area contributed by atoms with E-state index in [1.165, 1.54) is 0 Å². The fourth-order valence-electron chi connectivity index (χ4n) is 4.53. The van der Waals surface area contributed by atoms with E-state index in [-0.39, 0.29) is 6.04 Å². The van der Waals surface area contributed by atoms with Gasteiger partial charge in [-0.15, -0.1) is 0 Å². The van der Waals surface area contributed by atoms with Crippen LogP contribution < -0.4 is 10.1 Å². The Labute approximate surface area is 194 Å². The second kappa shape index (κ2) is 10.0. The van der Waals surface area contributed by atoms with Crippen molar-refractivity contribution in [3.05, 3.63) is 77.1 Å². The van der Waals surface area contributed by atoms with E-state index < -0.39 is 11.7 Å². The van der Waals surface area contributed by atoms with Crippen molar-refractivity contribution in [2.45, 2.75) is 32.7 Å². The molecule has 1 saturated heterocycles. The van der Waals surface area contributed by atoms with Crippen LogP contribution in [0.3, 0.4) is 0 Å². The van der Waals surface area contributed by atoms with E-state index in [0.717, 1.165) is 42.9 Å². The van der Waals surface area contributed by atoms with Gasteiger partial charge in [0.25, 0.3) is 11.7 Å². The monoisotopic (exact) mass is 446 g/mol. The van der Waals surface area contributed by atoms with Crippen LogP contribution in [0, 0.1) is 13.8 Å². The predicted octanol–water partition coefficient (Wildman–Crippen LogP) is 3.63. The Balaban J connectivity index is 1.52. The summed E-state index contributed by atoms with van der Waals surface area (Å²) in [5.74, 6) is -0.391. The van der Waals surface area contributed by atoms with Crippen molar-refractivity contribution in [3.63, 3.8) is 0 Å². The summed E-state index contributed by atoms with van der Waals surface area (Å²) in [6.07, 6.45) is 2.26. The molecule has 172 valence electrons. The summed E-state index contributed by atoms with van der Waals surface area (Å²) in [7, 11) is 1.64. The second-order valence-corrected chi connectivity index (χ2v) is 8.37. The fourth-order valence-corrected chi connectivity index (χ4v) is 4.53. The molecule has 2 heterocycles. The van der Waals surface area contributed by atoms with Gasteiger partial charge in [0.15, 0.2) is 0 Å². The molecule has 3 aromatic rings. The summed E-state index contributed by atoms with van der Waals surface area (Å²) in [5.41, 5.74) is 3.47. The second-order valence-electron chi connectivity index (χ2n) is 8.37. The smallest absolute Gasteiger partial charge is 0.292 e. The van der Waals surface area contributed by atoms with Crippen molar-refractivity contribution in [1.29, 1.82) is 0 Å². The van der Waals surface area contributed by atoms with Gasteiger partial charge in [0.1, 0.15) is 5.75 Å². The number of benzene rings is 2. The first-order valence-corrected chi connectivity index (χ1v) is 11.3. The van der Waals surface area contributed by atoms with Crippen LogP contribution in [0.2, 0.25) is 0 Å². The Bertz CT molecular complexity index is 1130. The fraction of sp³-hybridized carbons (Fsp3) is 0.346. The number of likely N-dealkylation sites (tertiary alicyclic amines) is 1. The minimum absolute atomic E-state index is 0.0198. The lowest BCUT2D eigenvalue weighted by molar-refractivity contribution is -0.117. The molecule has 0 spiro atoms. The first kappa shape index (κ1) is 22.7. The number of nitrogens with zero attached hydrogens (tertiary/aromatic N) is 3. The van der Waals surface area contributed by atoms with E-state index >= 15 is 0 Å². The van der Waals surface area contributed by atoms with E-state index in [1.807, 2.05) is 61.5 Å². The van der Waals surface area contributed by atoms with E-state index in [4.69, 9.17) is 4.74 Å². The molecule has 2 aromatic carbocycles. The largest absolute Gasteiger partial charge is 0.497 e. The van der Waals surface area contributed by atoms with Crippen LogP contribution in [-0.4, -0.2) is 53.1 Å². The van der Waals surface area contributed by atoms with Crippen molar-refractivity contribution in [1.82, 2.24) is 20.0 Å². The average Bonchev–Trinajstić information content (AvgIpc) is 3.47. The van der Waals surface area contributed by atoms with Gasteiger partial charge in [-0.3, -0.25) is 14.5 Å². The lowest BCUT2D eigenvalue weighted by Gasteiger charge is -2.28. The number of methoxy groups -OCH3 is 1. The number of carbonyl (C=O) groups is 2. The van der Waals surface area contributed by atoms with E-state index in [2.05, 4.69) is 15.3 Å². The third-order valence-corrected chi connectivity index (χ3v) is 6.24. The highest BCUT2D eigenvalue weighted by Gasteiger charge is 2.28. The van der Waals surface area contributed by atoms with Gasteiger partial charge < -0.3 is 10.1 Å². The Morgan fingerprint density at radius 1 is 1.06 bits per heavy atom. The number of carbonyl (C=O) groups excluding carboxylic acids is 2. The number of ether oxygens (including phenoxy) is 1. The molecule has 1 fully saturated rings. The molecule has 33 heavy (non-hydrogen) atoms. The van der Waals surface area contributed by atoms with Crippen molar-refractivity contribution in [2.24, 2.45) is 0 Å². The van der Waals surface area contributed by atoms with Gasteiger partial charge in [0.05, 0.1) is 35.8 Å². The number of rotatable bonds is 8. The Morgan fingerprint density at radius 3 is 2.48 bits per heavy atom. The summed E-state index contributed by atoms with van der Waals surface area (Å²) < 4.78 is 7.09. The molecule has 0 radical (unpaired) electrons. The zero-order valence-corrected chi connectivity index (χ0v) is 19.4. The van der Waals surface area contributed by atoms with Crippen LogP contribution in [0.5, 0.6) is 5.75 Å². The molecule has 1 aliphatic heterocycles. The zero-order chi connectivity index (χ0) is 23.4. The highest BCUT2D eigenvalue weighted by Crippen LogP contribution is 2.27.